The smallest absolute Gasteiger partial charge is 0.0700 e. The molecule has 2 atom stereocenters. The molecule has 1 fully saturated rings. The number of ether oxygens (including phenoxy) is 1. The number of aryl methyl sites for hydroxylation is 1. The Morgan fingerprint density at radius 1 is 1.39 bits per heavy atom. The molecule has 1 N–H and O–H groups in total. The first-order chi connectivity index (χ1) is 8.75. The van der Waals surface area contributed by atoms with Crippen LogP contribution in [-0.2, 0) is 18.3 Å². The molecule has 3 rings (SSSR count). The first kappa shape index (κ1) is 11.8. The summed E-state index contributed by atoms with van der Waals surface area (Å²) in [7, 11) is 2.10. The van der Waals surface area contributed by atoms with Crippen molar-refractivity contribution in [3.8, 4) is 0 Å². The standard InChI is InChI=1S/C15H20N2O/c1-11-14(7-8-18-11)16-9-12-10-17(2)15-6-4-3-5-13(12)15/h3-6,10-11,14,16H,7-9H2,1-2H3. The fourth-order valence-corrected chi connectivity index (χ4v) is 2.81. The Bertz CT molecular complexity index is 546. The number of benzene rings is 1. The van der Waals surface area contributed by atoms with Crippen LogP contribution >= 0.6 is 0 Å². The summed E-state index contributed by atoms with van der Waals surface area (Å²) in [5.41, 5.74) is 2.66. The number of para-hydroxylation sites is 1. The minimum atomic E-state index is 0.333. The van der Waals surface area contributed by atoms with Crippen molar-refractivity contribution in [1.82, 2.24) is 9.88 Å². The molecule has 2 heterocycles. The van der Waals surface area contributed by atoms with Crippen molar-refractivity contribution in [3.63, 3.8) is 0 Å². The van der Waals surface area contributed by atoms with Gasteiger partial charge in [-0.25, -0.2) is 0 Å². The van der Waals surface area contributed by atoms with Crippen LogP contribution in [0.5, 0.6) is 0 Å². The number of nitrogens with one attached hydrogen (secondary N) is 1. The van der Waals surface area contributed by atoms with Crippen LogP contribution in [0.2, 0.25) is 0 Å². The second kappa shape index (κ2) is 4.75. The van der Waals surface area contributed by atoms with Crippen molar-refractivity contribution >= 4 is 10.9 Å². The van der Waals surface area contributed by atoms with Crippen LogP contribution in [0.25, 0.3) is 10.9 Å². The predicted octanol–water partition coefficient (Wildman–Crippen LogP) is 2.45. The predicted molar refractivity (Wildman–Crippen MR) is 73.6 cm³/mol. The lowest BCUT2D eigenvalue weighted by Gasteiger charge is -2.15. The Kier molecular flexibility index (Phi) is 3.10. The fraction of sp³-hybridized carbons (Fsp3) is 0.467. The van der Waals surface area contributed by atoms with E-state index in [-0.39, 0.29) is 0 Å². The van der Waals surface area contributed by atoms with Crippen LogP contribution in [0.3, 0.4) is 0 Å². The van der Waals surface area contributed by atoms with Crippen LogP contribution in [0.15, 0.2) is 30.5 Å². The minimum absolute atomic E-state index is 0.333. The van der Waals surface area contributed by atoms with Gasteiger partial charge in [-0.15, -0.1) is 0 Å². The first-order valence-electron chi connectivity index (χ1n) is 6.63. The van der Waals surface area contributed by atoms with Gasteiger partial charge in [-0.3, -0.25) is 0 Å². The lowest BCUT2D eigenvalue weighted by atomic mass is 10.1. The topological polar surface area (TPSA) is 26.2 Å². The average Bonchev–Trinajstić information content (AvgIpc) is 2.92. The third-order valence-corrected chi connectivity index (χ3v) is 3.91. The lowest BCUT2D eigenvalue weighted by Crippen LogP contribution is -2.34. The van der Waals surface area contributed by atoms with Gasteiger partial charge in [-0.1, -0.05) is 18.2 Å². The van der Waals surface area contributed by atoms with Gasteiger partial charge in [0.15, 0.2) is 0 Å². The average molecular weight is 244 g/mol. The third-order valence-electron chi connectivity index (χ3n) is 3.91. The molecule has 1 aromatic heterocycles. The highest BCUT2D eigenvalue weighted by Gasteiger charge is 2.23. The largest absolute Gasteiger partial charge is 0.377 e. The van der Waals surface area contributed by atoms with Crippen molar-refractivity contribution in [2.75, 3.05) is 6.61 Å². The SMILES string of the molecule is CC1OCCC1NCc1cn(C)c2ccccc12. The molecular weight excluding hydrogens is 224 g/mol. The monoisotopic (exact) mass is 244 g/mol. The zero-order valence-electron chi connectivity index (χ0n) is 11.0. The quantitative estimate of drug-likeness (QED) is 0.897. The fourth-order valence-electron chi connectivity index (χ4n) is 2.81. The molecule has 1 aliphatic heterocycles. The van der Waals surface area contributed by atoms with E-state index < -0.39 is 0 Å². The summed E-state index contributed by atoms with van der Waals surface area (Å²) in [6, 6.07) is 9.05. The number of hydrogen-bond acceptors (Lipinski definition) is 2. The summed E-state index contributed by atoms with van der Waals surface area (Å²) in [4.78, 5) is 0. The van der Waals surface area contributed by atoms with Gasteiger partial charge >= 0.3 is 0 Å². The van der Waals surface area contributed by atoms with Crippen LogP contribution in [0.4, 0.5) is 0 Å². The number of aromatic nitrogens is 1. The van der Waals surface area contributed by atoms with Gasteiger partial charge in [0, 0.05) is 43.3 Å². The van der Waals surface area contributed by atoms with Crippen molar-refractivity contribution in [2.24, 2.45) is 7.05 Å². The normalized spacial score (nSPS) is 23.9. The molecule has 0 bridgehead atoms. The van der Waals surface area contributed by atoms with Gasteiger partial charge in [-0.05, 0) is 25.0 Å². The zero-order valence-corrected chi connectivity index (χ0v) is 11.0. The van der Waals surface area contributed by atoms with E-state index in [2.05, 4.69) is 54.3 Å². The second-order valence-electron chi connectivity index (χ2n) is 5.13. The summed E-state index contributed by atoms with van der Waals surface area (Å²) in [5.74, 6) is 0. The van der Waals surface area contributed by atoms with Gasteiger partial charge in [0.1, 0.15) is 0 Å². The van der Waals surface area contributed by atoms with Gasteiger partial charge in [-0.2, -0.15) is 0 Å². The molecule has 0 saturated carbocycles. The molecule has 0 amide bonds. The minimum Gasteiger partial charge on any atom is -0.377 e. The number of hydrogen-bond donors (Lipinski definition) is 1. The molecule has 0 aliphatic carbocycles. The Morgan fingerprint density at radius 2 is 2.22 bits per heavy atom. The highest BCUT2D eigenvalue weighted by molar-refractivity contribution is 5.83. The molecule has 18 heavy (non-hydrogen) atoms. The van der Waals surface area contributed by atoms with Crippen LogP contribution in [0.1, 0.15) is 18.9 Å². The van der Waals surface area contributed by atoms with Crippen molar-refractivity contribution in [3.05, 3.63) is 36.0 Å². The highest BCUT2D eigenvalue weighted by atomic mass is 16.5. The first-order valence-corrected chi connectivity index (χ1v) is 6.63. The van der Waals surface area contributed by atoms with E-state index in [4.69, 9.17) is 4.74 Å². The van der Waals surface area contributed by atoms with E-state index in [0.29, 0.717) is 12.1 Å². The van der Waals surface area contributed by atoms with Crippen molar-refractivity contribution in [2.45, 2.75) is 32.0 Å². The van der Waals surface area contributed by atoms with E-state index in [9.17, 15) is 0 Å². The lowest BCUT2D eigenvalue weighted by molar-refractivity contribution is 0.113. The third kappa shape index (κ3) is 2.04. The van der Waals surface area contributed by atoms with Gasteiger partial charge in [0.25, 0.3) is 0 Å². The van der Waals surface area contributed by atoms with E-state index in [1.165, 1.54) is 16.5 Å². The van der Waals surface area contributed by atoms with Gasteiger partial charge in [0.05, 0.1) is 6.10 Å². The van der Waals surface area contributed by atoms with E-state index in [1.54, 1.807) is 0 Å². The number of rotatable bonds is 3. The molecule has 3 nitrogen and oxygen atoms in total. The van der Waals surface area contributed by atoms with E-state index in [0.717, 1.165) is 19.6 Å². The molecule has 0 radical (unpaired) electrons. The molecule has 1 saturated heterocycles. The molecule has 1 aromatic carbocycles. The Hall–Kier alpha value is -1.32. The summed E-state index contributed by atoms with van der Waals surface area (Å²) >= 11 is 0. The van der Waals surface area contributed by atoms with Crippen LogP contribution in [-0.4, -0.2) is 23.3 Å². The Balaban J connectivity index is 1.78. The van der Waals surface area contributed by atoms with Gasteiger partial charge in [0.2, 0.25) is 0 Å². The molecule has 2 unspecified atom stereocenters. The maximum absolute atomic E-state index is 5.58. The maximum atomic E-state index is 5.58. The van der Waals surface area contributed by atoms with Crippen molar-refractivity contribution in [1.29, 1.82) is 0 Å². The highest BCUT2D eigenvalue weighted by Crippen LogP contribution is 2.21. The summed E-state index contributed by atoms with van der Waals surface area (Å²) in [6.07, 6.45) is 3.67. The summed E-state index contributed by atoms with van der Waals surface area (Å²) in [6.45, 7) is 3.95. The van der Waals surface area contributed by atoms with E-state index >= 15 is 0 Å². The van der Waals surface area contributed by atoms with Crippen molar-refractivity contribution < 1.29 is 4.74 Å². The number of fused-ring (bicyclic) bond motifs is 1. The van der Waals surface area contributed by atoms with Crippen LogP contribution in [0, 0.1) is 0 Å². The molecule has 0 spiro atoms. The molecular formula is C15H20N2O. The molecule has 2 aromatic rings. The summed E-state index contributed by atoms with van der Waals surface area (Å²) in [5, 5.41) is 4.96. The Labute approximate surface area is 108 Å². The summed E-state index contributed by atoms with van der Waals surface area (Å²) < 4.78 is 7.77. The van der Waals surface area contributed by atoms with Gasteiger partial charge < -0.3 is 14.6 Å². The molecule has 1 aliphatic rings. The zero-order chi connectivity index (χ0) is 12.5. The number of nitrogens with zero attached hydrogens (tertiary/aromatic N) is 1. The van der Waals surface area contributed by atoms with E-state index in [1.807, 2.05) is 0 Å². The molecule has 3 heteroatoms. The second-order valence-corrected chi connectivity index (χ2v) is 5.13. The van der Waals surface area contributed by atoms with Crippen LogP contribution < -0.4 is 5.32 Å². The molecule has 96 valence electrons. The Morgan fingerprint density at radius 3 is 3.00 bits per heavy atom. The maximum Gasteiger partial charge on any atom is 0.0700 e.